The van der Waals surface area contributed by atoms with Crippen LogP contribution in [-0.2, 0) is 10.0 Å². The molecule has 0 saturated carbocycles. The lowest BCUT2D eigenvalue weighted by Crippen LogP contribution is -2.17. The zero-order chi connectivity index (χ0) is 13.7. The Morgan fingerprint density at radius 2 is 1.32 bits per heavy atom. The first-order valence-electron chi connectivity index (χ1n) is 5.60. The molecule has 0 aromatic heterocycles. The van der Waals surface area contributed by atoms with E-state index in [1.165, 1.54) is 17.8 Å². The molecule has 2 aromatic carbocycles. The van der Waals surface area contributed by atoms with Gasteiger partial charge in [-0.3, -0.25) is 0 Å². The largest absolute Gasteiger partial charge is 0.218 e. The molecule has 1 N–H and O–H groups in total. The minimum Gasteiger partial charge on any atom is -0.212 e. The highest BCUT2D eigenvalue weighted by molar-refractivity contribution is 8.60. The fraction of sp³-hybridized carbons (Fsp3) is 0.0769. The molecule has 100 valence electrons. The van der Waals surface area contributed by atoms with Crippen LogP contribution in [0.3, 0.4) is 0 Å². The summed E-state index contributed by atoms with van der Waals surface area (Å²) in [5, 5.41) is 2.26. The third-order valence-corrected chi connectivity index (χ3v) is 7.97. The molecule has 2 aromatic rings. The van der Waals surface area contributed by atoms with Crippen molar-refractivity contribution >= 4 is 39.3 Å². The average Bonchev–Trinajstić information content (AvgIpc) is 2.40. The topological polar surface area (TPSA) is 46.2 Å². The highest BCUT2D eigenvalue weighted by atomic mass is 32.7. The lowest BCUT2D eigenvalue weighted by Gasteiger charge is -2.17. The Morgan fingerprint density at radius 1 is 0.895 bits per heavy atom. The summed E-state index contributed by atoms with van der Waals surface area (Å²) >= 11 is 1.26. The van der Waals surface area contributed by atoms with Crippen LogP contribution in [0.15, 0.2) is 60.7 Å². The Kier molecular flexibility index (Phi) is 4.99. The lowest BCUT2D eigenvalue weighted by molar-refractivity contribution is 0.600. The van der Waals surface area contributed by atoms with E-state index < -0.39 is 17.1 Å². The molecule has 2 rings (SSSR count). The van der Waals surface area contributed by atoms with Gasteiger partial charge in [0.1, 0.15) is 0 Å². The van der Waals surface area contributed by atoms with Crippen molar-refractivity contribution < 1.29 is 8.42 Å². The van der Waals surface area contributed by atoms with Crippen LogP contribution in [0.5, 0.6) is 0 Å². The van der Waals surface area contributed by atoms with Gasteiger partial charge in [-0.1, -0.05) is 60.7 Å². The van der Waals surface area contributed by atoms with Crippen LogP contribution in [-0.4, -0.2) is 14.7 Å². The smallest absolute Gasteiger partial charge is 0.212 e. The number of nitrogens with one attached hydrogen (secondary N) is 1. The molecule has 19 heavy (non-hydrogen) atoms. The monoisotopic (exact) mass is 311 g/mol. The maximum Gasteiger partial charge on any atom is 0.218 e. The van der Waals surface area contributed by atoms with Crippen LogP contribution in [0.25, 0.3) is 0 Å². The zero-order valence-corrected chi connectivity index (χ0v) is 12.9. The fourth-order valence-electron chi connectivity index (χ4n) is 1.49. The molecule has 0 aliphatic carbocycles. The minimum absolute atomic E-state index is 0.789. The second-order valence-electron chi connectivity index (χ2n) is 3.91. The summed E-state index contributed by atoms with van der Waals surface area (Å²) < 4.78 is 25.1. The van der Waals surface area contributed by atoms with Crippen LogP contribution in [0.4, 0.5) is 0 Å². The maximum absolute atomic E-state index is 11.3. The average molecular weight is 311 g/mol. The molecule has 0 unspecified atom stereocenters. The first-order valence-corrected chi connectivity index (χ1v) is 10.3. The first-order chi connectivity index (χ1) is 9.06. The molecule has 6 heteroatoms. The van der Waals surface area contributed by atoms with E-state index in [0.29, 0.717) is 0 Å². The number of rotatable bonds is 5. The second-order valence-corrected chi connectivity index (χ2v) is 9.57. The van der Waals surface area contributed by atoms with E-state index in [4.69, 9.17) is 0 Å². The molecule has 0 aliphatic rings. The highest BCUT2D eigenvalue weighted by Crippen LogP contribution is 2.45. The van der Waals surface area contributed by atoms with Gasteiger partial charge in [0.2, 0.25) is 10.0 Å². The van der Waals surface area contributed by atoms with Crippen molar-refractivity contribution in [1.29, 1.82) is 0 Å². The predicted molar refractivity (Wildman–Crippen MR) is 84.6 cm³/mol. The van der Waals surface area contributed by atoms with Gasteiger partial charge in [0, 0.05) is 7.12 Å². The molecule has 0 fully saturated rings. The van der Waals surface area contributed by atoms with Crippen molar-refractivity contribution in [2.24, 2.45) is 0 Å². The molecule has 0 atom stereocenters. The normalized spacial score (nSPS) is 11.7. The van der Waals surface area contributed by atoms with Crippen molar-refractivity contribution in [3.8, 4) is 0 Å². The van der Waals surface area contributed by atoms with Crippen molar-refractivity contribution in [2.75, 3.05) is 6.26 Å². The summed E-state index contributed by atoms with van der Waals surface area (Å²) in [4.78, 5) is 0. The third kappa shape index (κ3) is 4.62. The molecule has 0 radical (unpaired) electrons. The highest BCUT2D eigenvalue weighted by Gasteiger charge is 2.16. The standard InChI is InChI=1S/C13H14NO2PS2/c1-19(15,16)14-18-17(12-8-4-2-5-9-12)13-10-6-3-7-11-13/h2-11,14H,1H3. The van der Waals surface area contributed by atoms with Crippen molar-refractivity contribution in [2.45, 2.75) is 0 Å². The number of hydrogen-bond donors (Lipinski definition) is 1. The van der Waals surface area contributed by atoms with Crippen molar-refractivity contribution in [3.63, 3.8) is 0 Å². The zero-order valence-electron chi connectivity index (χ0n) is 10.4. The van der Waals surface area contributed by atoms with Gasteiger partial charge in [0.05, 0.1) is 6.26 Å². The predicted octanol–water partition coefficient (Wildman–Crippen LogP) is 2.23. The molecule has 3 nitrogen and oxygen atoms in total. The summed E-state index contributed by atoms with van der Waals surface area (Å²) in [5.74, 6) is 0. The van der Waals surface area contributed by atoms with Crippen LogP contribution in [0.2, 0.25) is 0 Å². The minimum atomic E-state index is -3.21. The SMILES string of the molecule is CS(=O)(=O)NSP(c1ccccc1)c1ccccc1. The first kappa shape index (κ1) is 14.5. The molecule has 0 saturated heterocycles. The molecule has 0 aliphatic heterocycles. The van der Waals surface area contributed by atoms with E-state index in [2.05, 4.69) is 4.13 Å². The second kappa shape index (κ2) is 6.53. The van der Waals surface area contributed by atoms with Gasteiger partial charge in [0.15, 0.2) is 0 Å². The third-order valence-electron chi connectivity index (χ3n) is 2.26. The van der Waals surface area contributed by atoms with E-state index in [9.17, 15) is 8.42 Å². The summed E-state index contributed by atoms with van der Waals surface area (Å²) in [6.07, 6.45) is 1.17. The number of hydrogen-bond acceptors (Lipinski definition) is 3. The van der Waals surface area contributed by atoms with Gasteiger partial charge < -0.3 is 0 Å². The Labute approximate surface area is 119 Å². The van der Waals surface area contributed by atoms with Crippen LogP contribution < -0.4 is 14.7 Å². The Morgan fingerprint density at radius 3 is 1.68 bits per heavy atom. The van der Waals surface area contributed by atoms with Crippen LogP contribution in [0.1, 0.15) is 0 Å². The van der Waals surface area contributed by atoms with E-state index in [-0.39, 0.29) is 0 Å². The molecule has 0 spiro atoms. The van der Waals surface area contributed by atoms with Gasteiger partial charge in [0.25, 0.3) is 0 Å². The van der Waals surface area contributed by atoms with Gasteiger partial charge in [-0.2, -0.15) is 4.13 Å². The number of sulfonamides is 1. The summed E-state index contributed by atoms with van der Waals surface area (Å²) in [7, 11) is -3.99. The van der Waals surface area contributed by atoms with Gasteiger partial charge in [-0.15, -0.1) is 0 Å². The van der Waals surface area contributed by atoms with E-state index in [1.807, 2.05) is 60.7 Å². The summed E-state index contributed by atoms with van der Waals surface area (Å²) in [5.41, 5.74) is 0. The van der Waals surface area contributed by atoms with Crippen LogP contribution in [0, 0.1) is 0 Å². The van der Waals surface area contributed by atoms with E-state index in [1.54, 1.807) is 0 Å². The van der Waals surface area contributed by atoms with E-state index >= 15 is 0 Å². The van der Waals surface area contributed by atoms with Crippen molar-refractivity contribution in [1.82, 2.24) is 4.13 Å². The molecular formula is C13H14NO2PS2. The van der Waals surface area contributed by atoms with Crippen molar-refractivity contribution in [3.05, 3.63) is 60.7 Å². The van der Waals surface area contributed by atoms with E-state index in [0.717, 1.165) is 10.6 Å². The summed E-state index contributed by atoms with van der Waals surface area (Å²) in [6.45, 7) is 0. The summed E-state index contributed by atoms with van der Waals surface area (Å²) in [6, 6.07) is 19.9. The molecule has 0 amide bonds. The molecular weight excluding hydrogens is 297 g/mol. The quantitative estimate of drug-likeness (QED) is 0.680. The van der Waals surface area contributed by atoms with Gasteiger partial charge >= 0.3 is 0 Å². The van der Waals surface area contributed by atoms with Gasteiger partial charge in [-0.25, -0.2) is 8.42 Å². The number of benzene rings is 2. The Balaban J connectivity index is 2.29. The lowest BCUT2D eigenvalue weighted by atomic mass is 10.4. The van der Waals surface area contributed by atoms with Crippen LogP contribution >= 0.6 is 18.7 Å². The Hall–Kier alpha value is -0.870. The van der Waals surface area contributed by atoms with Gasteiger partial charge in [-0.05, 0) is 22.2 Å². The molecule has 0 bridgehead atoms. The molecule has 0 heterocycles. The Bertz CT molecular complexity index is 578. The maximum atomic E-state index is 11.3. The fourth-order valence-corrected chi connectivity index (χ4v) is 6.97.